The highest BCUT2D eigenvalue weighted by Gasteiger charge is 2.23. The third-order valence-corrected chi connectivity index (χ3v) is 3.46. The van der Waals surface area contributed by atoms with Gasteiger partial charge in [-0.2, -0.15) is 0 Å². The van der Waals surface area contributed by atoms with Crippen molar-refractivity contribution in [2.45, 2.75) is 38.8 Å². The standard InChI is InChI=1S/C15H21NO2/c1-13(17)18-12-15-9-5-6-10-16(15)11-14-7-3-2-4-8-14/h2-4,7-8,15H,5-6,9-12H2,1H3. The Morgan fingerprint density at radius 3 is 2.83 bits per heavy atom. The molecule has 0 aromatic heterocycles. The molecule has 0 spiro atoms. The molecule has 1 unspecified atom stereocenters. The van der Waals surface area contributed by atoms with E-state index in [0.29, 0.717) is 12.6 Å². The first-order chi connectivity index (χ1) is 8.75. The molecule has 98 valence electrons. The van der Waals surface area contributed by atoms with Gasteiger partial charge < -0.3 is 4.74 Å². The molecule has 1 atom stereocenters. The third kappa shape index (κ3) is 3.84. The molecule has 0 amide bonds. The zero-order valence-electron chi connectivity index (χ0n) is 11.0. The van der Waals surface area contributed by atoms with Gasteiger partial charge in [-0.3, -0.25) is 9.69 Å². The van der Waals surface area contributed by atoms with E-state index in [1.165, 1.54) is 25.3 Å². The Hall–Kier alpha value is -1.35. The predicted octanol–water partition coefficient (Wildman–Crippen LogP) is 2.60. The van der Waals surface area contributed by atoms with Gasteiger partial charge in [-0.25, -0.2) is 0 Å². The van der Waals surface area contributed by atoms with Crippen LogP contribution in [0.2, 0.25) is 0 Å². The maximum atomic E-state index is 10.9. The second-order valence-corrected chi connectivity index (χ2v) is 4.91. The Labute approximate surface area is 109 Å². The molecule has 1 heterocycles. The van der Waals surface area contributed by atoms with Gasteiger partial charge in [0.25, 0.3) is 0 Å². The fraction of sp³-hybridized carbons (Fsp3) is 0.533. The van der Waals surface area contributed by atoms with Crippen LogP contribution in [0.15, 0.2) is 30.3 Å². The fourth-order valence-electron chi connectivity index (χ4n) is 2.49. The molecule has 3 heteroatoms. The van der Waals surface area contributed by atoms with E-state index in [2.05, 4.69) is 29.2 Å². The van der Waals surface area contributed by atoms with Crippen LogP contribution in [0.3, 0.4) is 0 Å². The van der Waals surface area contributed by atoms with E-state index in [1.54, 1.807) is 0 Å². The van der Waals surface area contributed by atoms with E-state index in [4.69, 9.17) is 4.74 Å². The highest BCUT2D eigenvalue weighted by molar-refractivity contribution is 5.65. The van der Waals surface area contributed by atoms with Crippen molar-refractivity contribution in [3.8, 4) is 0 Å². The third-order valence-electron chi connectivity index (χ3n) is 3.46. The number of benzene rings is 1. The van der Waals surface area contributed by atoms with Crippen LogP contribution in [0.25, 0.3) is 0 Å². The van der Waals surface area contributed by atoms with Gasteiger partial charge in [0.1, 0.15) is 6.61 Å². The first-order valence-corrected chi connectivity index (χ1v) is 6.67. The zero-order chi connectivity index (χ0) is 12.8. The Morgan fingerprint density at radius 1 is 1.33 bits per heavy atom. The molecule has 3 nitrogen and oxygen atoms in total. The summed E-state index contributed by atoms with van der Waals surface area (Å²) < 4.78 is 5.17. The number of likely N-dealkylation sites (tertiary alicyclic amines) is 1. The molecular formula is C15H21NO2. The van der Waals surface area contributed by atoms with E-state index in [1.807, 2.05) is 6.07 Å². The van der Waals surface area contributed by atoms with Crippen LogP contribution >= 0.6 is 0 Å². The maximum Gasteiger partial charge on any atom is 0.302 e. The van der Waals surface area contributed by atoms with Crippen molar-refractivity contribution in [1.82, 2.24) is 4.90 Å². The SMILES string of the molecule is CC(=O)OCC1CCCCN1Cc1ccccc1. The minimum atomic E-state index is -0.180. The van der Waals surface area contributed by atoms with Crippen LogP contribution in [-0.4, -0.2) is 30.1 Å². The van der Waals surface area contributed by atoms with Gasteiger partial charge in [-0.15, -0.1) is 0 Å². The number of nitrogens with zero attached hydrogens (tertiary/aromatic N) is 1. The Kier molecular flexibility index (Phi) is 4.76. The number of carbonyl (C=O) groups excluding carboxylic acids is 1. The molecule has 1 aliphatic rings. The van der Waals surface area contributed by atoms with Crippen LogP contribution in [0.4, 0.5) is 0 Å². The first-order valence-electron chi connectivity index (χ1n) is 6.67. The topological polar surface area (TPSA) is 29.5 Å². The fourth-order valence-corrected chi connectivity index (χ4v) is 2.49. The average molecular weight is 247 g/mol. The highest BCUT2D eigenvalue weighted by atomic mass is 16.5. The molecule has 1 aromatic rings. The van der Waals surface area contributed by atoms with Gasteiger partial charge in [0.05, 0.1) is 0 Å². The number of esters is 1. The van der Waals surface area contributed by atoms with Crippen molar-refractivity contribution in [3.05, 3.63) is 35.9 Å². The van der Waals surface area contributed by atoms with Crippen LogP contribution in [0.5, 0.6) is 0 Å². The van der Waals surface area contributed by atoms with Crippen LogP contribution in [0.1, 0.15) is 31.7 Å². The number of ether oxygens (including phenoxy) is 1. The molecule has 0 bridgehead atoms. The second kappa shape index (κ2) is 6.55. The molecule has 18 heavy (non-hydrogen) atoms. The molecule has 1 aromatic carbocycles. The normalized spacial score (nSPS) is 20.6. The Balaban J connectivity index is 1.93. The lowest BCUT2D eigenvalue weighted by atomic mass is 10.0. The van der Waals surface area contributed by atoms with Crippen molar-refractivity contribution in [3.63, 3.8) is 0 Å². The summed E-state index contributed by atoms with van der Waals surface area (Å²) in [6.45, 7) is 4.06. The lowest BCUT2D eigenvalue weighted by molar-refractivity contribution is -0.143. The molecule has 1 fully saturated rings. The molecule has 1 saturated heterocycles. The van der Waals surface area contributed by atoms with Crippen LogP contribution in [-0.2, 0) is 16.1 Å². The second-order valence-electron chi connectivity index (χ2n) is 4.91. The van der Waals surface area contributed by atoms with Crippen molar-refractivity contribution in [2.24, 2.45) is 0 Å². The Morgan fingerprint density at radius 2 is 2.11 bits per heavy atom. The van der Waals surface area contributed by atoms with Crippen molar-refractivity contribution >= 4 is 5.97 Å². The molecule has 2 rings (SSSR count). The van der Waals surface area contributed by atoms with E-state index < -0.39 is 0 Å². The Bertz CT molecular complexity index is 377. The molecular weight excluding hydrogens is 226 g/mol. The monoisotopic (exact) mass is 247 g/mol. The predicted molar refractivity (Wildman–Crippen MR) is 71.1 cm³/mol. The highest BCUT2D eigenvalue weighted by Crippen LogP contribution is 2.19. The van der Waals surface area contributed by atoms with E-state index in [9.17, 15) is 4.79 Å². The van der Waals surface area contributed by atoms with Crippen molar-refractivity contribution in [1.29, 1.82) is 0 Å². The summed E-state index contributed by atoms with van der Waals surface area (Å²) in [5.41, 5.74) is 1.33. The minimum Gasteiger partial charge on any atom is -0.464 e. The lowest BCUT2D eigenvalue weighted by Gasteiger charge is -2.35. The molecule has 1 aliphatic heterocycles. The molecule has 0 saturated carbocycles. The van der Waals surface area contributed by atoms with Gasteiger partial charge in [0, 0.05) is 19.5 Å². The summed E-state index contributed by atoms with van der Waals surface area (Å²) in [6.07, 6.45) is 3.60. The summed E-state index contributed by atoms with van der Waals surface area (Å²) in [6, 6.07) is 10.9. The van der Waals surface area contributed by atoms with Gasteiger partial charge in [-0.05, 0) is 24.9 Å². The van der Waals surface area contributed by atoms with Gasteiger partial charge in [0.2, 0.25) is 0 Å². The van der Waals surface area contributed by atoms with Gasteiger partial charge >= 0.3 is 5.97 Å². The first kappa shape index (κ1) is 13.1. The smallest absolute Gasteiger partial charge is 0.302 e. The van der Waals surface area contributed by atoms with E-state index >= 15 is 0 Å². The largest absolute Gasteiger partial charge is 0.464 e. The summed E-state index contributed by atoms with van der Waals surface area (Å²) in [7, 11) is 0. The summed E-state index contributed by atoms with van der Waals surface area (Å²) in [5.74, 6) is -0.180. The van der Waals surface area contributed by atoms with Crippen molar-refractivity contribution < 1.29 is 9.53 Å². The summed E-state index contributed by atoms with van der Waals surface area (Å²) >= 11 is 0. The number of piperidine rings is 1. The quantitative estimate of drug-likeness (QED) is 0.766. The average Bonchev–Trinajstić information content (AvgIpc) is 2.39. The lowest BCUT2D eigenvalue weighted by Crippen LogP contribution is -2.42. The minimum absolute atomic E-state index is 0.180. The molecule has 0 aliphatic carbocycles. The van der Waals surface area contributed by atoms with Gasteiger partial charge in [-0.1, -0.05) is 36.8 Å². The summed E-state index contributed by atoms with van der Waals surface area (Å²) in [4.78, 5) is 13.3. The van der Waals surface area contributed by atoms with Gasteiger partial charge in [0.15, 0.2) is 0 Å². The maximum absolute atomic E-state index is 10.9. The number of hydrogen-bond acceptors (Lipinski definition) is 3. The molecule has 0 radical (unpaired) electrons. The van der Waals surface area contributed by atoms with Crippen LogP contribution < -0.4 is 0 Å². The number of rotatable bonds is 4. The van der Waals surface area contributed by atoms with Crippen molar-refractivity contribution in [2.75, 3.05) is 13.2 Å². The number of carbonyl (C=O) groups is 1. The zero-order valence-corrected chi connectivity index (χ0v) is 11.0. The van der Waals surface area contributed by atoms with Crippen LogP contribution in [0, 0.1) is 0 Å². The van der Waals surface area contributed by atoms with E-state index in [0.717, 1.165) is 19.5 Å². The summed E-state index contributed by atoms with van der Waals surface area (Å²) in [5, 5.41) is 0. The van der Waals surface area contributed by atoms with E-state index in [-0.39, 0.29) is 5.97 Å². The molecule has 0 N–H and O–H groups in total. The number of hydrogen-bond donors (Lipinski definition) is 0.